The first-order valence-electron chi connectivity index (χ1n) is 8.94. The Morgan fingerprint density at radius 3 is 2.43 bits per heavy atom. The maximum Gasteiger partial charge on any atom is 0.435 e. The molecule has 0 bridgehead atoms. The van der Waals surface area contributed by atoms with E-state index in [9.17, 15) is 18.0 Å². The molecule has 6 nitrogen and oxygen atoms in total. The minimum Gasteiger partial charge on any atom is -0.338 e. The SMILES string of the molecule is CCN(CC)CCCNC(=O)Nc1cnn(-c2ccc(Cl)cc2)c1C(F)(F)F. The van der Waals surface area contributed by atoms with Gasteiger partial charge in [-0.2, -0.15) is 18.3 Å². The summed E-state index contributed by atoms with van der Waals surface area (Å²) in [6.07, 6.45) is -3.03. The highest BCUT2D eigenvalue weighted by molar-refractivity contribution is 6.30. The Kier molecular flexibility index (Phi) is 7.70. The van der Waals surface area contributed by atoms with Crippen LogP contribution in [0.25, 0.3) is 5.69 Å². The van der Waals surface area contributed by atoms with Gasteiger partial charge in [-0.1, -0.05) is 25.4 Å². The van der Waals surface area contributed by atoms with Gasteiger partial charge in [0.25, 0.3) is 0 Å². The minimum atomic E-state index is -4.71. The molecule has 0 atom stereocenters. The summed E-state index contributed by atoms with van der Waals surface area (Å²) >= 11 is 5.78. The number of urea groups is 1. The zero-order valence-electron chi connectivity index (χ0n) is 15.7. The standard InChI is InChI=1S/C18H23ClF3N5O/c1-3-26(4-2)11-5-10-23-17(28)25-15-12-24-27(16(15)18(20,21)22)14-8-6-13(19)7-9-14/h6-9,12H,3-5,10-11H2,1-2H3,(H2,23,25,28). The second-order valence-corrected chi connectivity index (χ2v) is 6.49. The van der Waals surface area contributed by atoms with Crippen molar-refractivity contribution in [2.75, 3.05) is 31.5 Å². The molecule has 10 heteroatoms. The van der Waals surface area contributed by atoms with Crippen LogP contribution in [-0.2, 0) is 6.18 Å². The molecule has 0 aliphatic carbocycles. The van der Waals surface area contributed by atoms with E-state index >= 15 is 0 Å². The normalized spacial score (nSPS) is 11.7. The van der Waals surface area contributed by atoms with Gasteiger partial charge in [0.2, 0.25) is 0 Å². The third kappa shape index (κ3) is 5.87. The fourth-order valence-corrected chi connectivity index (χ4v) is 2.83. The Morgan fingerprint density at radius 1 is 1.21 bits per heavy atom. The summed E-state index contributed by atoms with van der Waals surface area (Å²) in [5.41, 5.74) is -1.29. The largest absolute Gasteiger partial charge is 0.435 e. The fraction of sp³-hybridized carbons (Fsp3) is 0.444. The Morgan fingerprint density at radius 2 is 1.86 bits per heavy atom. The highest BCUT2D eigenvalue weighted by Gasteiger charge is 2.39. The van der Waals surface area contributed by atoms with Gasteiger partial charge >= 0.3 is 12.2 Å². The minimum absolute atomic E-state index is 0.185. The number of benzene rings is 1. The number of nitrogens with zero attached hydrogens (tertiary/aromatic N) is 3. The molecule has 0 spiro atoms. The Balaban J connectivity index is 2.07. The first kappa shape index (κ1) is 22.0. The molecule has 0 saturated heterocycles. The summed E-state index contributed by atoms with van der Waals surface area (Å²) in [5.74, 6) is 0. The Labute approximate surface area is 166 Å². The summed E-state index contributed by atoms with van der Waals surface area (Å²) in [6, 6.07) is 5.06. The molecule has 2 amide bonds. The van der Waals surface area contributed by atoms with Gasteiger partial charge in [0, 0.05) is 11.6 Å². The molecule has 0 aliphatic heterocycles. The van der Waals surface area contributed by atoms with Gasteiger partial charge in [0.1, 0.15) is 0 Å². The molecule has 2 aromatic rings. The lowest BCUT2D eigenvalue weighted by Crippen LogP contribution is -2.33. The maximum atomic E-state index is 13.6. The van der Waals surface area contributed by atoms with Crippen LogP contribution in [0.4, 0.5) is 23.7 Å². The van der Waals surface area contributed by atoms with Gasteiger partial charge in [-0.25, -0.2) is 9.48 Å². The molecule has 1 aromatic carbocycles. The van der Waals surface area contributed by atoms with Crippen LogP contribution in [0.1, 0.15) is 26.0 Å². The zero-order chi connectivity index (χ0) is 20.7. The van der Waals surface area contributed by atoms with Crippen LogP contribution in [-0.4, -0.2) is 46.9 Å². The van der Waals surface area contributed by atoms with E-state index in [2.05, 4.69) is 20.6 Å². The van der Waals surface area contributed by atoms with E-state index in [0.717, 1.165) is 30.5 Å². The summed E-state index contributed by atoms with van der Waals surface area (Å²) in [5, 5.41) is 8.99. The second kappa shape index (κ2) is 9.79. The number of rotatable bonds is 8. The number of hydrogen-bond acceptors (Lipinski definition) is 3. The second-order valence-electron chi connectivity index (χ2n) is 6.05. The number of halogens is 4. The summed E-state index contributed by atoms with van der Waals surface area (Å²) in [6.45, 7) is 7.05. The van der Waals surface area contributed by atoms with Crippen molar-refractivity contribution in [2.45, 2.75) is 26.4 Å². The lowest BCUT2D eigenvalue weighted by molar-refractivity contribution is -0.142. The van der Waals surface area contributed by atoms with E-state index in [4.69, 9.17) is 11.6 Å². The fourth-order valence-electron chi connectivity index (χ4n) is 2.70. The molecule has 0 radical (unpaired) electrons. The van der Waals surface area contributed by atoms with E-state index in [-0.39, 0.29) is 5.69 Å². The molecule has 0 saturated carbocycles. The highest BCUT2D eigenvalue weighted by Crippen LogP contribution is 2.36. The number of nitrogens with one attached hydrogen (secondary N) is 2. The molecule has 1 heterocycles. The number of hydrogen-bond donors (Lipinski definition) is 2. The summed E-state index contributed by atoms with van der Waals surface area (Å²) < 4.78 is 41.4. The van der Waals surface area contributed by atoms with Gasteiger partial charge < -0.3 is 15.5 Å². The number of anilines is 1. The first-order chi connectivity index (χ1) is 13.3. The van der Waals surface area contributed by atoms with Crippen molar-refractivity contribution in [3.8, 4) is 5.69 Å². The van der Waals surface area contributed by atoms with Crippen LogP contribution < -0.4 is 10.6 Å². The highest BCUT2D eigenvalue weighted by atomic mass is 35.5. The van der Waals surface area contributed by atoms with E-state index in [0.29, 0.717) is 18.0 Å². The van der Waals surface area contributed by atoms with Crippen LogP contribution in [0.3, 0.4) is 0 Å². The average Bonchev–Trinajstić information content (AvgIpc) is 3.06. The van der Waals surface area contributed by atoms with Gasteiger partial charge in [-0.3, -0.25) is 0 Å². The lowest BCUT2D eigenvalue weighted by atomic mass is 10.3. The van der Waals surface area contributed by atoms with Crippen molar-refractivity contribution < 1.29 is 18.0 Å². The van der Waals surface area contributed by atoms with Crippen molar-refractivity contribution in [3.05, 3.63) is 41.2 Å². The predicted octanol–water partition coefficient (Wildman–Crippen LogP) is 4.40. The number of carbonyl (C=O) groups excluding carboxylic acids is 1. The molecule has 0 unspecified atom stereocenters. The summed E-state index contributed by atoms with van der Waals surface area (Å²) in [4.78, 5) is 14.2. The average molecular weight is 418 g/mol. The lowest BCUT2D eigenvalue weighted by Gasteiger charge is -2.17. The third-order valence-corrected chi connectivity index (χ3v) is 4.44. The van der Waals surface area contributed by atoms with Crippen molar-refractivity contribution >= 4 is 23.3 Å². The van der Waals surface area contributed by atoms with Gasteiger partial charge in [-0.15, -0.1) is 0 Å². The predicted molar refractivity (Wildman–Crippen MR) is 103 cm³/mol. The number of alkyl halides is 3. The van der Waals surface area contributed by atoms with Crippen molar-refractivity contribution in [1.82, 2.24) is 20.0 Å². The van der Waals surface area contributed by atoms with Crippen LogP contribution in [0.5, 0.6) is 0 Å². The number of aromatic nitrogens is 2. The molecule has 1 aromatic heterocycles. The summed E-state index contributed by atoms with van der Waals surface area (Å²) in [7, 11) is 0. The van der Waals surface area contributed by atoms with Crippen LogP contribution in [0.2, 0.25) is 5.02 Å². The Hall–Kier alpha value is -2.26. The van der Waals surface area contributed by atoms with Crippen molar-refractivity contribution in [3.63, 3.8) is 0 Å². The van der Waals surface area contributed by atoms with Crippen LogP contribution in [0, 0.1) is 0 Å². The third-order valence-electron chi connectivity index (χ3n) is 4.19. The topological polar surface area (TPSA) is 62.2 Å². The Bertz CT molecular complexity index is 773. The molecule has 154 valence electrons. The van der Waals surface area contributed by atoms with Gasteiger partial charge in [0.05, 0.1) is 17.6 Å². The maximum absolute atomic E-state index is 13.6. The molecule has 0 fully saturated rings. The zero-order valence-corrected chi connectivity index (χ0v) is 16.4. The van der Waals surface area contributed by atoms with Crippen LogP contribution >= 0.6 is 11.6 Å². The smallest absolute Gasteiger partial charge is 0.338 e. The van der Waals surface area contributed by atoms with E-state index in [1.165, 1.54) is 24.3 Å². The molecular weight excluding hydrogens is 395 g/mol. The van der Waals surface area contributed by atoms with Crippen molar-refractivity contribution in [2.24, 2.45) is 0 Å². The van der Waals surface area contributed by atoms with Crippen molar-refractivity contribution in [1.29, 1.82) is 0 Å². The number of amides is 2. The van der Waals surface area contributed by atoms with E-state index < -0.39 is 23.6 Å². The number of carbonyl (C=O) groups is 1. The van der Waals surface area contributed by atoms with E-state index in [1.54, 1.807) is 0 Å². The monoisotopic (exact) mass is 417 g/mol. The molecule has 2 rings (SSSR count). The quantitative estimate of drug-likeness (QED) is 0.626. The van der Waals surface area contributed by atoms with Crippen LogP contribution in [0.15, 0.2) is 30.5 Å². The van der Waals surface area contributed by atoms with Gasteiger partial charge in [0.15, 0.2) is 5.69 Å². The molecular formula is C18H23ClF3N5O. The first-order valence-corrected chi connectivity index (χ1v) is 9.32. The van der Waals surface area contributed by atoms with Gasteiger partial charge in [-0.05, 0) is 50.3 Å². The molecule has 2 N–H and O–H groups in total. The van der Waals surface area contributed by atoms with E-state index in [1.807, 2.05) is 13.8 Å². The molecule has 28 heavy (non-hydrogen) atoms. The molecule has 0 aliphatic rings.